The summed E-state index contributed by atoms with van der Waals surface area (Å²) in [4.78, 5) is 0.136. The Morgan fingerprint density at radius 2 is 1.30 bits per heavy atom. The van der Waals surface area contributed by atoms with Crippen molar-refractivity contribution in [3.05, 3.63) is 96.1 Å². The molecule has 6 heteroatoms. The highest BCUT2D eigenvalue weighted by Gasteiger charge is 2.27. The predicted octanol–water partition coefficient (Wildman–Crippen LogP) is 3.96. The highest BCUT2D eigenvalue weighted by atomic mass is 32.3. The Morgan fingerprint density at radius 3 is 1.74 bits per heavy atom. The number of rotatable bonds is 7. The summed E-state index contributed by atoms with van der Waals surface area (Å²) in [6, 6.07) is 24.8. The van der Waals surface area contributed by atoms with E-state index in [-0.39, 0.29) is 4.90 Å². The molecule has 0 radical (unpaired) electrons. The summed E-state index contributed by atoms with van der Waals surface area (Å²) >= 11 is 0. The van der Waals surface area contributed by atoms with Crippen molar-refractivity contribution in [1.82, 2.24) is 0 Å². The van der Waals surface area contributed by atoms with Crippen LogP contribution in [0, 0.1) is 0 Å². The van der Waals surface area contributed by atoms with Gasteiger partial charge >= 0.3 is 0 Å². The molecule has 0 saturated carbocycles. The number of ether oxygens (including phenoxy) is 1. The van der Waals surface area contributed by atoms with Crippen LogP contribution in [0.4, 0.5) is 0 Å². The molecule has 0 aliphatic heterocycles. The second kappa shape index (κ2) is 8.50. The second-order valence-electron chi connectivity index (χ2n) is 5.99. The molecule has 0 fully saturated rings. The molecule has 0 aliphatic rings. The van der Waals surface area contributed by atoms with Gasteiger partial charge in [0.25, 0.3) is 0 Å². The third-order valence-electron chi connectivity index (χ3n) is 4.16. The Morgan fingerprint density at radius 1 is 0.815 bits per heavy atom. The molecule has 3 aromatic rings. The fourth-order valence-corrected chi connectivity index (χ4v) is 6.61. The smallest absolute Gasteiger partial charge is 0.190 e. The van der Waals surface area contributed by atoms with E-state index in [9.17, 15) is 12.6 Å². The quantitative estimate of drug-likeness (QED) is 0.602. The van der Waals surface area contributed by atoms with Crippen LogP contribution >= 0.6 is 0 Å². The van der Waals surface area contributed by atoms with Crippen LogP contribution in [0.5, 0.6) is 5.75 Å². The van der Waals surface area contributed by atoms with Crippen LogP contribution in [0.15, 0.2) is 89.8 Å². The average molecular weight is 401 g/mol. The van der Waals surface area contributed by atoms with E-state index in [1.165, 1.54) is 19.2 Å². The van der Waals surface area contributed by atoms with E-state index in [2.05, 4.69) is 0 Å². The summed E-state index contributed by atoms with van der Waals surface area (Å²) in [5.74, 6) is 0.571. The van der Waals surface area contributed by atoms with E-state index in [1.807, 2.05) is 60.7 Å². The lowest BCUT2D eigenvalue weighted by Crippen LogP contribution is -2.18. The maximum absolute atomic E-state index is 13.2. The second-order valence-corrected chi connectivity index (χ2v) is 9.87. The normalized spacial score (nSPS) is 12.7. The van der Waals surface area contributed by atoms with Crippen LogP contribution in [-0.4, -0.2) is 24.8 Å². The molecular formula is C21H20O4S2. The monoisotopic (exact) mass is 400 g/mol. The number of hydrogen-bond acceptors (Lipinski definition) is 4. The summed E-state index contributed by atoms with van der Waals surface area (Å²) < 4.78 is 43.8. The molecule has 140 valence electrons. The van der Waals surface area contributed by atoms with Crippen molar-refractivity contribution in [2.45, 2.75) is 10.1 Å². The lowest BCUT2D eigenvalue weighted by atomic mass is 10.0. The zero-order valence-electron chi connectivity index (χ0n) is 14.8. The minimum Gasteiger partial charge on any atom is -0.497 e. The van der Waals surface area contributed by atoms with E-state index >= 15 is 0 Å². The minimum absolute atomic E-state index is 0.136. The zero-order valence-corrected chi connectivity index (χ0v) is 16.4. The van der Waals surface area contributed by atoms with Gasteiger partial charge in [0, 0.05) is 10.8 Å². The lowest BCUT2D eigenvalue weighted by Gasteiger charge is -2.18. The molecular weight excluding hydrogens is 380 g/mol. The van der Waals surface area contributed by atoms with E-state index in [0.717, 1.165) is 11.1 Å². The molecule has 0 heterocycles. The maximum Gasteiger partial charge on any atom is 0.190 e. The van der Waals surface area contributed by atoms with Gasteiger partial charge in [0.1, 0.15) is 10.8 Å². The third-order valence-corrected chi connectivity index (χ3v) is 8.39. The molecule has 0 amide bonds. The molecule has 0 saturated heterocycles. The molecule has 0 bridgehead atoms. The number of benzene rings is 3. The number of hydrogen-bond donors (Lipinski definition) is 0. The Hall–Kier alpha value is -2.44. The van der Waals surface area contributed by atoms with Gasteiger partial charge in [-0.05, 0) is 35.4 Å². The van der Waals surface area contributed by atoms with E-state index in [1.54, 1.807) is 12.1 Å². The fraction of sp³-hybridized carbons (Fsp3) is 0.143. The highest BCUT2D eigenvalue weighted by Crippen LogP contribution is 2.30. The van der Waals surface area contributed by atoms with Gasteiger partial charge in [0.2, 0.25) is 0 Å². The van der Waals surface area contributed by atoms with Crippen molar-refractivity contribution >= 4 is 20.6 Å². The Kier molecular flexibility index (Phi) is 6.08. The van der Waals surface area contributed by atoms with Crippen LogP contribution in [-0.2, 0) is 20.6 Å². The number of methoxy groups -OCH3 is 1. The summed E-state index contributed by atoms with van der Waals surface area (Å²) in [7, 11) is -3.84. The summed E-state index contributed by atoms with van der Waals surface area (Å²) in [6.07, 6.45) is 0. The van der Waals surface area contributed by atoms with Crippen LogP contribution in [0.3, 0.4) is 0 Å². The SMILES string of the molecule is COc1ccc(S(=O)(=O)CS(=O)C(c2ccccc2)c2ccccc2)cc1. The molecule has 3 rings (SSSR count). The first kappa shape index (κ1) is 19.3. The molecule has 27 heavy (non-hydrogen) atoms. The molecule has 0 spiro atoms. The number of sulfone groups is 1. The van der Waals surface area contributed by atoms with Crippen LogP contribution in [0.1, 0.15) is 16.4 Å². The first-order chi connectivity index (χ1) is 13.0. The van der Waals surface area contributed by atoms with Gasteiger partial charge < -0.3 is 4.74 Å². The summed E-state index contributed by atoms with van der Waals surface area (Å²) in [5.41, 5.74) is 1.65. The van der Waals surface area contributed by atoms with Crippen molar-refractivity contribution < 1.29 is 17.4 Å². The van der Waals surface area contributed by atoms with Crippen molar-refractivity contribution in [2.75, 3.05) is 12.2 Å². The molecule has 1 atom stereocenters. The average Bonchev–Trinajstić information content (AvgIpc) is 2.69. The summed E-state index contributed by atoms with van der Waals surface area (Å²) in [6.45, 7) is 0. The van der Waals surface area contributed by atoms with E-state index in [4.69, 9.17) is 4.74 Å². The molecule has 0 aliphatic carbocycles. The highest BCUT2D eigenvalue weighted by molar-refractivity contribution is 8.05. The van der Waals surface area contributed by atoms with Crippen LogP contribution < -0.4 is 4.74 Å². The standard InChI is InChI=1S/C21H20O4S2/c1-25-19-12-14-20(15-13-19)27(23,24)16-26(22)21(17-8-4-2-5-9-17)18-10-6-3-7-11-18/h2-15,21H,16H2,1H3. The largest absolute Gasteiger partial charge is 0.497 e. The molecule has 0 aromatic heterocycles. The van der Waals surface area contributed by atoms with Crippen molar-refractivity contribution in [2.24, 2.45) is 0 Å². The predicted molar refractivity (Wildman–Crippen MR) is 108 cm³/mol. The van der Waals surface area contributed by atoms with Crippen LogP contribution in [0.2, 0.25) is 0 Å². The molecule has 0 N–H and O–H groups in total. The first-order valence-corrected chi connectivity index (χ1v) is 11.4. The maximum atomic E-state index is 13.2. The van der Waals surface area contributed by atoms with Crippen LogP contribution in [0.25, 0.3) is 0 Å². The van der Waals surface area contributed by atoms with Crippen molar-refractivity contribution in [3.63, 3.8) is 0 Å². The summed E-state index contributed by atoms with van der Waals surface area (Å²) in [5, 5.41) is -0.964. The van der Waals surface area contributed by atoms with Crippen molar-refractivity contribution in [1.29, 1.82) is 0 Å². The first-order valence-electron chi connectivity index (χ1n) is 8.35. The Labute approximate surface area is 162 Å². The van der Waals surface area contributed by atoms with E-state index < -0.39 is 31.0 Å². The van der Waals surface area contributed by atoms with Gasteiger partial charge in [-0.2, -0.15) is 0 Å². The molecule has 1 unspecified atom stereocenters. The van der Waals surface area contributed by atoms with Gasteiger partial charge in [0.15, 0.2) is 9.84 Å². The topological polar surface area (TPSA) is 60.4 Å². The molecule has 4 nitrogen and oxygen atoms in total. The minimum atomic E-state index is -3.70. The van der Waals surface area contributed by atoms with Gasteiger partial charge in [-0.1, -0.05) is 60.7 Å². The lowest BCUT2D eigenvalue weighted by molar-refractivity contribution is 0.414. The molecule has 3 aromatic carbocycles. The fourth-order valence-electron chi connectivity index (χ4n) is 2.82. The Bertz CT molecular complexity index is 960. The van der Waals surface area contributed by atoms with E-state index in [0.29, 0.717) is 5.75 Å². The van der Waals surface area contributed by atoms with Gasteiger partial charge in [-0.25, -0.2) is 8.42 Å². The van der Waals surface area contributed by atoms with Gasteiger partial charge in [-0.15, -0.1) is 0 Å². The van der Waals surface area contributed by atoms with Gasteiger partial charge in [-0.3, -0.25) is 4.21 Å². The Balaban J connectivity index is 1.92. The zero-order chi connectivity index (χ0) is 19.3. The van der Waals surface area contributed by atoms with Gasteiger partial charge in [0.05, 0.1) is 17.3 Å². The third kappa shape index (κ3) is 4.64. The van der Waals surface area contributed by atoms with Crippen molar-refractivity contribution in [3.8, 4) is 5.75 Å².